The second-order valence-electron chi connectivity index (χ2n) is 8.23. The summed E-state index contributed by atoms with van der Waals surface area (Å²) >= 11 is 6.14. The quantitative estimate of drug-likeness (QED) is 0.253. The third kappa shape index (κ3) is 4.95. The summed E-state index contributed by atoms with van der Waals surface area (Å²) in [6.45, 7) is 10.7. The SMILES string of the molecule is C=C=C([C@H](NP(=O)(c1ccccc1)c1ccccc1)c1ccc(Cl)cc1)[Si](C)(C)C. The molecule has 3 rings (SSSR count). The zero-order valence-electron chi connectivity index (χ0n) is 17.6. The summed E-state index contributed by atoms with van der Waals surface area (Å²) in [5, 5.41) is 6.86. The Morgan fingerprint density at radius 3 is 1.77 bits per heavy atom. The van der Waals surface area contributed by atoms with Crippen LogP contribution in [0.1, 0.15) is 11.6 Å². The first kappa shape index (κ1) is 22.6. The average Bonchev–Trinajstić information content (AvgIpc) is 2.74. The summed E-state index contributed by atoms with van der Waals surface area (Å²) in [7, 11) is -4.96. The van der Waals surface area contributed by atoms with Gasteiger partial charge in [-0.1, -0.05) is 86.4 Å². The molecule has 3 aromatic rings. The molecule has 0 amide bonds. The number of rotatable bonds is 7. The molecule has 2 nitrogen and oxygen atoms in total. The van der Waals surface area contributed by atoms with E-state index in [4.69, 9.17) is 11.6 Å². The number of hydrogen-bond acceptors (Lipinski definition) is 1. The van der Waals surface area contributed by atoms with Crippen LogP contribution in [0.25, 0.3) is 0 Å². The molecule has 1 atom stereocenters. The molecule has 5 heteroatoms. The summed E-state index contributed by atoms with van der Waals surface area (Å²) in [6.07, 6.45) is 0. The van der Waals surface area contributed by atoms with Gasteiger partial charge in [-0.2, -0.15) is 0 Å². The first-order chi connectivity index (χ1) is 14.3. The second-order valence-corrected chi connectivity index (χ2v) is 16.2. The highest BCUT2D eigenvalue weighted by Gasteiger charge is 2.35. The van der Waals surface area contributed by atoms with Crippen molar-refractivity contribution in [1.82, 2.24) is 5.09 Å². The molecule has 0 fully saturated rings. The zero-order chi connectivity index (χ0) is 21.8. The predicted octanol–water partition coefficient (Wildman–Crippen LogP) is 6.49. The molecule has 0 unspecified atom stereocenters. The minimum Gasteiger partial charge on any atom is -0.296 e. The zero-order valence-corrected chi connectivity index (χ0v) is 20.3. The second kappa shape index (κ2) is 9.35. The molecule has 0 saturated carbocycles. The Morgan fingerprint density at radius 2 is 1.37 bits per heavy atom. The Labute approximate surface area is 185 Å². The third-order valence-corrected chi connectivity index (χ3v) is 10.0. The molecule has 3 aromatic carbocycles. The van der Waals surface area contributed by atoms with Crippen LogP contribution in [0.4, 0.5) is 0 Å². The summed E-state index contributed by atoms with van der Waals surface area (Å²) in [5.41, 5.74) is 4.19. The van der Waals surface area contributed by atoms with Gasteiger partial charge in [-0.05, 0) is 47.2 Å². The van der Waals surface area contributed by atoms with Crippen LogP contribution < -0.4 is 15.7 Å². The van der Waals surface area contributed by atoms with Crippen molar-refractivity contribution in [2.24, 2.45) is 0 Å². The Morgan fingerprint density at radius 1 is 0.900 bits per heavy atom. The van der Waals surface area contributed by atoms with E-state index >= 15 is 0 Å². The van der Waals surface area contributed by atoms with Crippen LogP contribution in [0.15, 0.2) is 102 Å². The van der Waals surface area contributed by atoms with Gasteiger partial charge >= 0.3 is 0 Å². The minimum atomic E-state index is -3.14. The van der Waals surface area contributed by atoms with Crippen molar-refractivity contribution in [3.8, 4) is 0 Å². The Bertz CT molecular complexity index is 1040. The monoisotopic (exact) mass is 451 g/mol. The number of hydrogen-bond donors (Lipinski definition) is 1. The van der Waals surface area contributed by atoms with Gasteiger partial charge in [0.1, 0.15) is 0 Å². The van der Waals surface area contributed by atoms with E-state index in [2.05, 4.69) is 37.0 Å². The Balaban J connectivity index is 2.20. The lowest BCUT2D eigenvalue weighted by Crippen LogP contribution is -2.37. The lowest BCUT2D eigenvalue weighted by molar-refractivity contribution is 0.572. The first-order valence-electron chi connectivity index (χ1n) is 9.90. The molecule has 0 aliphatic heterocycles. The van der Waals surface area contributed by atoms with Crippen molar-refractivity contribution in [2.45, 2.75) is 25.7 Å². The molecule has 1 N–H and O–H groups in total. The van der Waals surface area contributed by atoms with E-state index in [1.54, 1.807) is 0 Å². The van der Waals surface area contributed by atoms with Crippen LogP contribution in [-0.4, -0.2) is 8.07 Å². The van der Waals surface area contributed by atoms with Crippen molar-refractivity contribution >= 4 is 37.6 Å². The van der Waals surface area contributed by atoms with Gasteiger partial charge in [0, 0.05) is 15.6 Å². The fourth-order valence-corrected chi connectivity index (χ4v) is 7.82. The fraction of sp³-hybridized carbons (Fsp3) is 0.160. The number of benzene rings is 3. The van der Waals surface area contributed by atoms with Crippen molar-refractivity contribution in [3.05, 3.63) is 113 Å². The van der Waals surface area contributed by atoms with Gasteiger partial charge in [0.05, 0.1) is 14.1 Å². The Hall–Kier alpha value is -2.12. The molecular weight excluding hydrogens is 425 g/mol. The molecule has 0 heterocycles. The van der Waals surface area contributed by atoms with Crippen LogP contribution >= 0.6 is 18.9 Å². The van der Waals surface area contributed by atoms with Gasteiger partial charge < -0.3 is 0 Å². The van der Waals surface area contributed by atoms with Gasteiger partial charge in [-0.15, -0.1) is 5.73 Å². The molecule has 0 radical (unpaired) electrons. The van der Waals surface area contributed by atoms with Crippen molar-refractivity contribution in [1.29, 1.82) is 0 Å². The van der Waals surface area contributed by atoms with Gasteiger partial charge in [0.2, 0.25) is 7.29 Å². The van der Waals surface area contributed by atoms with E-state index < -0.39 is 15.4 Å². The molecule has 0 saturated heterocycles. The number of nitrogens with one attached hydrogen (secondary N) is 1. The molecule has 0 spiro atoms. The van der Waals surface area contributed by atoms with Gasteiger partial charge in [-0.3, -0.25) is 4.57 Å². The molecule has 0 bridgehead atoms. The van der Waals surface area contributed by atoms with E-state index in [1.807, 2.05) is 84.9 Å². The smallest absolute Gasteiger partial charge is 0.205 e. The van der Waals surface area contributed by atoms with Crippen LogP contribution in [-0.2, 0) is 4.57 Å². The molecule has 0 aliphatic rings. The molecule has 30 heavy (non-hydrogen) atoms. The third-order valence-electron chi connectivity index (χ3n) is 5.04. The fourth-order valence-electron chi connectivity index (χ4n) is 3.52. The van der Waals surface area contributed by atoms with Crippen LogP contribution in [0.5, 0.6) is 0 Å². The lowest BCUT2D eigenvalue weighted by atomic mass is 10.1. The molecular formula is C25H27ClNOPSi. The molecule has 0 aromatic heterocycles. The largest absolute Gasteiger partial charge is 0.296 e. The summed E-state index contributed by atoms with van der Waals surface area (Å²) in [6, 6.07) is 26.7. The van der Waals surface area contributed by atoms with Crippen LogP contribution in [0, 0.1) is 0 Å². The topological polar surface area (TPSA) is 29.1 Å². The van der Waals surface area contributed by atoms with Crippen LogP contribution in [0.2, 0.25) is 24.7 Å². The maximum absolute atomic E-state index is 14.6. The average molecular weight is 452 g/mol. The maximum atomic E-state index is 14.6. The maximum Gasteiger partial charge on any atom is 0.205 e. The van der Waals surface area contributed by atoms with Crippen LogP contribution in [0.3, 0.4) is 0 Å². The minimum absolute atomic E-state index is 0.280. The van der Waals surface area contributed by atoms with E-state index in [-0.39, 0.29) is 6.04 Å². The first-order valence-corrected chi connectivity index (χ1v) is 15.5. The van der Waals surface area contributed by atoms with E-state index in [1.165, 1.54) is 0 Å². The number of halogens is 1. The highest BCUT2D eigenvalue weighted by molar-refractivity contribution is 7.76. The van der Waals surface area contributed by atoms with E-state index in [0.717, 1.165) is 21.4 Å². The van der Waals surface area contributed by atoms with Gasteiger partial charge in [0.15, 0.2) is 0 Å². The molecule has 154 valence electrons. The van der Waals surface area contributed by atoms with E-state index in [9.17, 15) is 4.57 Å². The summed E-state index contributed by atoms with van der Waals surface area (Å²) < 4.78 is 14.6. The lowest BCUT2D eigenvalue weighted by Gasteiger charge is -2.33. The van der Waals surface area contributed by atoms with Crippen molar-refractivity contribution in [3.63, 3.8) is 0 Å². The van der Waals surface area contributed by atoms with E-state index in [0.29, 0.717) is 5.02 Å². The highest BCUT2D eigenvalue weighted by atomic mass is 35.5. The Kier molecular flexibility index (Phi) is 7.03. The van der Waals surface area contributed by atoms with Crippen molar-refractivity contribution in [2.75, 3.05) is 0 Å². The standard InChI is InChI=1S/C25H27ClNOPSi/c1-5-24(30(2,3)4)25(20-16-18-21(26)19-17-20)27-29(28,22-12-8-6-9-13-22)23-14-10-7-11-15-23/h6-19,25H,1H2,2-4H3,(H,27,28)/t25-/m1/s1. The summed E-state index contributed by atoms with van der Waals surface area (Å²) in [4.78, 5) is 0. The normalized spacial score (nSPS) is 12.8. The van der Waals surface area contributed by atoms with Gasteiger partial charge in [-0.25, -0.2) is 5.09 Å². The van der Waals surface area contributed by atoms with Crippen molar-refractivity contribution < 1.29 is 4.57 Å². The molecule has 0 aliphatic carbocycles. The van der Waals surface area contributed by atoms with Gasteiger partial charge in [0.25, 0.3) is 0 Å². The predicted molar refractivity (Wildman–Crippen MR) is 133 cm³/mol. The summed E-state index contributed by atoms with van der Waals surface area (Å²) in [5.74, 6) is 0. The highest BCUT2D eigenvalue weighted by Crippen LogP contribution is 2.44.